The number of nitrogens with one attached hydrogen (secondary N) is 1. The van der Waals surface area contributed by atoms with Crippen LogP contribution in [0.5, 0.6) is 0 Å². The van der Waals surface area contributed by atoms with E-state index in [2.05, 4.69) is 10.4 Å². The van der Waals surface area contributed by atoms with Gasteiger partial charge in [0.25, 0.3) is 11.8 Å². The number of carbonyl (C=O) groups is 2. The van der Waals surface area contributed by atoms with E-state index in [9.17, 15) is 14.0 Å². The van der Waals surface area contributed by atoms with Crippen LogP contribution in [0, 0.1) is 5.82 Å². The van der Waals surface area contributed by atoms with Gasteiger partial charge >= 0.3 is 0 Å². The fourth-order valence-corrected chi connectivity index (χ4v) is 4.35. The standard InChI is InChI=1S/C26H29ClFN5O2/c1-26(2,3)33-23(16-4-6-17(28)7-5-16)21(15-30-33)24(34)31-19-8-9-22(27)20(14-19)25(35)32-12-10-18(29)11-13-32/h4-9,14-15,18H,10-13,29H2,1-3H3,(H,31,34). The minimum atomic E-state index is -0.418. The highest BCUT2D eigenvalue weighted by atomic mass is 35.5. The van der Waals surface area contributed by atoms with E-state index >= 15 is 0 Å². The Labute approximate surface area is 209 Å². The van der Waals surface area contributed by atoms with Crippen LogP contribution in [0.2, 0.25) is 5.02 Å². The quantitative estimate of drug-likeness (QED) is 0.535. The summed E-state index contributed by atoms with van der Waals surface area (Å²) in [6, 6.07) is 10.9. The molecule has 0 unspecified atom stereocenters. The van der Waals surface area contributed by atoms with Gasteiger partial charge in [-0.25, -0.2) is 4.39 Å². The van der Waals surface area contributed by atoms with Gasteiger partial charge in [0.05, 0.1) is 33.6 Å². The molecule has 0 radical (unpaired) electrons. The molecule has 0 aliphatic carbocycles. The van der Waals surface area contributed by atoms with Crippen LogP contribution in [0.25, 0.3) is 11.3 Å². The van der Waals surface area contributed by atoms with Crippen molar-refractivity contribution in [3.8, 4) is 11.3 Å². The Morgan fingerprint density at radius 1 is 1.09 bits per heavy atom. The lowest BCUT2D eigenvalue weighted by Gasteiger charge is -2.30. The minimum Gasteiger partial charge on any atom is -0.338 e. The first-order valence-corrected chi connectivity index (χ1v) is 11.9. The Hall–Kier alpha value is -3.23. The second-order valence-corrected chi connectivity index (χ2v) is 10.2. The normalized spacial score (nSPS) is 14.7. The van der Waals surface area contributed by atoms with Crippen LogP contribution in [-0.2, 0) is 5.54 Å². The molecule has 0 spiro atoms. The Balaban J connectivity index is 1.63. The van der Waals surface area contributed by atoms with Gasteiger partial charge in [0.2, 0.25) is 0 Å². The van der Waals surface area contributed by atoms with Crippen molar-refractivity contribution in [1.29, 1.82) is 0 Å². The average molecular weight is 498 g/mol. The van der Waals surface area contributed by atoms with Gasteiger partial charge in [-0.1, -0.05) is 11.6 Å². The molecule has 9 heteroatoms. The molecule has 1 aliphatic heterocycles. The Morgan fingerprint density at radius 3 is 2.37 bits per heavy atom. The SMILES string of the molecule is CC(C)(C)n1ncc(C(=O)Nc2ccc(Cl)c(C(=O)N3CCC(N)CC3)c2)c1-c1ccc(F)cc1. The zero-order valence-electron chi connectivity index (χ0n) is 20.0. The van der Waals surface area contributed by atoms with Crippen molar-refractivity contribution in [3.05, 3.63) is 70.6 Å². The molecule has 3 N–H and O–H groups in total. The van der Waals surface area contributed by atoms with E-state index in [1.54, 1.807) is 39.9 Å². The molecule has 0 saturated carbocycles. The lowest BCUT2D eigenvalue weighted by atomic mass is 10.0. The Bertz CT molecular complexity index is 1240. The van der Waals surface area contributed by atoms with E-state index < -0.39 is 11.4 Å². The molecule has 2 aromatic carbocycles. The highest BCUT2D eigenvalue weighted by Gasteiger charge is 2.27. The molecular formula is C26H29ClFN5O2. The second-order valence-electron chi connectivity index (χ2n) is 9.77. The smallest absolute Gasteiger partial charge is 0.259 e. The number of benzene rings is 2. The van der Waals surface area contributed by atoms with E-state index in [4.69, 9.17) is 17.3 Å². The maximum Gasteiger partial charge on any atom is 0.259 e. The van der Waals surface area contributed by atoms with Crippen LogP contribution in [0.15, 0.2) is 48.7 Å². The summed E-state index contributed by atoms with van der Waals surface area (Å²) < 4.78 is 15.3. The highest BCUT2D eigenvalue weighted by molar-refractivity contribution is 6.34. The predicted molar refractivity (Wildman–Crippen MR) is 135 cm³/mol. The highest BCUT2D eigenvalue weighted by Crippen LogP contribution is 2.30. The fourth-order valence-electron chi connectivity index (χ4n) is 4.15. The minimum absolute atomic E-state index is 0.101. The summed E-state index contributed by atoms with van der Waals surface area (Å²) in [4.78, 5) is 28.1. The van der Waals surface area contributed by atoms with Gasteiger partial charge in [0.15, 0.2) is 0 Å². The molecule has 7 nitrogen and oxygen atoms in total. The predicted octanol–water partition coefficient (Wildman–Crippen LogP) is 4.91. The number of piperidine rings is 1. The number of hydrogen-bond donors (Lipinski definition) is 2. The molecule has 2 heterocycles. The maximum atomic E-state index is 13.5. The Morgan fingerprint density at radius 2 is 1.74 bits per heavy atom. The van der Waals surface area contributed by atoms with E-state index in [0.29, 0.717) is 46.2 Å². The number of carbonyl (C=O) groups excluding carboxylic acids is 2. The summed E-state index contributed by atoms with van der Waals surface area (Å²) in [5.74, 6) is -0.953. The molecular weight excluding hydrogens is 469 g/mol. The number of aromatic nitrogens is 2. The molecule has 4 rings (SSSR count). The van der Waals surface area contributed by atoms with Gasteiger partial charge in [0.1, 0.15) is 5.82 Å². The molecule has 3 aromatic rings. The number of nitrogens with two attached hydrogens (primary N) is 1. The third kappa shape index (κ3) is 5.39. The van der Waals surface area contributed by atoms with Crippen molar-refractivity contribution in [1.82, 2.24) is 14.7 Å². The topological polar surface area (TPSA) is 93.2 Å². The number of rotatable bonds is 4. The molecule has 184 valence electrons. The van der Waals surface area contributed by atoms with E-state index in [1.165, 1.54) is 18.3 Å². The first-order chi connectivity index (χ1) is 16.5. The van der Waals surface area contributed by atoms with Crippen molar-refractivity contribution in [3.63, 3.8) is 0 Å². The summed E-state index contributed by atoms with van der Waals surface area (Å²) in [7, 11) is 0. The molecule has 35 heavy (non-hydrogen) atoms. The van der Waals surface area contributed by atoms with E-state index in [1.807, 2.05) is 20.8 Å². The lowest BCUT2D eigenvalue weighted by molar-refractivity contribution is 0.0714. The summed E-state index contributed by atoms with van der Waals surface area (Å²) in [5, 5.41) is 7.62. The van der Waals surface area contributed by atoms with Gasteiger partial charge in [-0.3, -0.25) is 14.3 Å². The van der Waals surface area contributed by atoms with Gasteiger partial charge in [0, 0.05) is 30.4 Å². The molecule has 1 aliphatic rings. The summed E-state index contributed by atoms with van der Waals surface area (Å²) in [5.41, 5.74) is 7.87. The molecule has 2 amide bonds. The van der Waals surface area contributed by atoms with Crippen molar-refractivity contribution in [2.45, 2.75) is 45.2 Å². The molecule has 0 bridgehead atoms. The lowest BCUT2D eigenvalue weighted by Crippen LogP contribution is -2.42. The Kier molecular flexibility index (Phi) is 6.96. The van der Waals surface area contributed by atoms with E-state index in [-0.39, 0.29) is 17.8 Å². The number of hydrogen-bond acceptors (Lipinski definition) is 4. The van der Waals surface area contributed by atoms with Crippen molar-refractivity contribution < 1.29 is 14.0 Å². The zero-order chi connectivity index (χ0) is 25.3. The first-order valence-electron chi connectivity index (χ1n) is 11.5. The van der Waals surface area contributed by atoms with Gasteiger partial charge < -0.3 is 16.0 Å². The average Bonchev–Trinajstić information content (AvgIpc) is 3.27. The molecule has 1 saturated heterocycles. The monoisotopic (exact) mass is 497 g/mol. The number of nitrogens with zero attached hydrogens (tertiary/aromatic N) is 3. The van der Waals surface area contributed by atoms with Crippen molar-refractivity contribution in [2.24, 2.45) is 5.73 Å². The van der Waals surface area contributed by atoms with Gasteiger partial charge in [-0.2, -0.15) is 5.10 Å². The third-order valence-electron chi connectivity index (χ3n) is 6.05. The molecule has 1 fully saturated rings. The van der Waals surface area contributed by atoms with Crippen LogP contribution in [0.1, 0.15) is 54.3 Å². The summed E-state index contributed by atoms with van der Waals surface area (Å²) in [6.07, 6.45) is 2.98. The number of likely N-dealkylation sites (tertiary alicyclic amines) is 1. The zero-order valence-corrected chi connectivity index (χ0v) is 20.8. The third-order valence-corrected chi connectivity index (χ3v) is 6.38. The fraction of sp³-hybridized carbons (Fsp3) is 0.346. The van der Waals surface area contributed by atoms with Crippen LogP contribution in [0.3, 0.4) is 0 Å². The first kappa shape index (κ1) is 24.9. The summed E-state index contributed by atoms with van der Waals surface area (Å²) >= 11 is 6.34. The largest absolute Gasteiger partial charge is 0.338 e. The van der Waals surface area contributed by atoms with Crippen molar-refractivity contribution >= 4 is 29.1 Å². The second kappa shape index (κ2) is 9.79. The van der Waals surface area contributed by atoms with Gasteiger partial charge in [-0.05, 0) is 76.1 Å². The number of anilines is 1. The number of halogens is 2. The van der Waals surface area contributed by atoms with Crippen LogP contribution >= 0.6 is 11.6 Å². The molecule has 0 atom stereocenters. The molecule has 1 aromatic heterocycles. The van der Waals surface area contributed by atoms with Crippen LogP contribution in [0.4, 0.5) is 10.1 Å². The maximum absolute atomic E-state index is 13.5. The van der Waals surface area contributed by atoms with Crippen LogP contribution < -0.4 is 11.1 Å². The van der Waals surface area contributed by atoms with E-state index in [0.717, 1.165) is 12.8 Å². The van der Waals surface area contributed by atoms with Crippen molar-refractivity contribution in [2.75, 3.05) is 18.4 Å². The summed E-state index contributed by atoms with van der Waals surface area (Å²) in [6.45, 7) is 7.05. The van der Waals surface area contributed by atoms with Gasteiger partial charge in [-0.15, -0.1) is 0 Å². The van der Waals surface area contributed by atoms with Crippen LogP contribution in [-0.4, -0.2) is 45.6 Å². The number of amides is 2.